The molecule has 15 heavy (non-hydrogen) atoms. The van der Waals surface area contributed by atoms with Crippen molar-refractivity contribution in [1.82, 2.24) is 10.5 Å². The zero-order chi connectivity index (χ0) is 11.1. The van der Waals surface area contributed by atoms with Gasteiger partial charge < -0.3 is 0 Å². The molecule has 0 saturated heterocycles. The number of nitrogens with two attached hydrogens (primary N) is 1. The highest BCUT2D eigenvalue weighted by molar-refractivity contribution is 8.13. The van der Waals surface area contributed by atoms with Crippen molar-refractivity contribution in [3.05, 3.63) is 0 Å². The summed E-state index contributed by atoms with van der Waals surface area (Å²) in [5.41, 5.74) is 2.95. The van der Waals surface area contributed by atoms with E-state index >= 15 is 0 Å². The molecular weight excluding hydrogens is 210 g/mol. The van der Waals surface area contributed by atoms with E-state index in [9.17, 15) is 0 Å². The van der Waals surface area contributed by atoms with E-state index in [1.165, 1.54) is 36.1 Å². The van der Waals surface area contributed by atoms with Crippen LogP contribution in [0.3, 0.4) is 0 Å². The molecule has 1 aliphatic heterocycles. The standard InChI is InChI=1S/C9H19N5S/c1-3-4-5-6-7-8-11-12-9(15-2)13-14(8)10/h3-7,10H2,1-2H3,(H,12,13). The fourth-order valence-electron chi connectivity index (χ4n) is 1.31. The summed E-state index contributed by atoms with van der Waals surface area (Å²) < 4.78 is 0. The van der Waals surface area contributed by atoms with Crippen molar-refractivity contribution in [2.45, 2.75) is 39.0 Å². The zero-order valence-electron chi connectivity index (χ0n) is 9.36. The van der Waals surface area contributed by atoms with Gasteiger partial charge in [0.05, 0.1) is 0 Å². The zero-order valence-corrected chi connectivity index (χ0v) is 10.2. The largest absolute Gasteiger partial charge is 0.259 e. The van der Waals surface area contributed by atoms with Crippen LogP contribution in [0.1, 0.15) is 39.0 Å². The van der Waals surface area contributed by atoms with E-state index in [0.29, 0.717) is 0 Å². The van der Waals surface area contributed by atoms with E-state index < -0.39 is 0 Å². The van der Waals surface area contributed by atoms with Crippen LogP contribution in [0.4, 0.5) is 0 Å². The third-order valence-electron chi connectivity index (χ3n) is 2.20. The van der Waals surface area contributed by atoms with Crippen LogP contribution in [0.25, 0.3) is 0 Å². The molecule has 3 N–H and O–H groups in total. The number of rotatable bonds is 5. The van der Waals surface area contributed by atoms with Gasteiger partial charge in [-0.1, -0.05) is 37.9 Å². The van der Waals surface area contributed by atoms with E-state index in [2.05, 4.69) is 22.6 Å². The maximum atomic E-state index is 5.76. The summed E-state index contributed by atoms with van der Waals surface area (Å²) >= 11 is 1.49. The van der Waals surface area contributed by atoms with Crippen molar-refractivity contribution in [3.63, 3.8) is 0 Å². The highest BCUT2D eigenvalue weighted by Crippen LogP contribution is 2.08. The Balaban J connectivity index is 2.34. The summed E-state index contributed by atoms with van der Waals surface area (Å²) in [5, 5.41) is 10.3. The monoisotopic (exact) mass is 229 g/mol. The molecule has 0 amide bonds. The first-order chi connectivity index (χ1) is 7.27. The van der Waals surface area contributed by atoms with Crippen molar-refractivity contribution in [1.29, 1.82) is 0 Å². The fraction of sp³-hybridized carbons (Fsp3) is 0.778. The molecule has 0 atom stereocenters. The van der Waals surface area contributed by atoms with Gasteiger partial charge in [-0.25, -0.2) is 11.0 Å². The van der Waals surface area contributed by atoms with Crippen LogP contribution in [-0.2, 0) is 0 Å². The molecular formula is C9H19N5S. The average Bonchev–Trinajstić information content (AvgIpc) is 2.26. The van der Waals surface area contributed by atoms with E-state index in [1.807, 2.05) is 6.26 Å². The second-order valence-electron chi connectivity index (χ2n) is 3.42. The molecule has 0 fully saturated rings. The van der Waals surface area contributed by atoms with Gasteiger partial charge in [-0.3, -0.25) is 5.43 Å². The normalized spacial score (nSPS) is 15.8. The third-order valence-corrected chi connectivity index (χ3v) is 2.76. The van der Waals surface area contributed by atoms with Gasteiger partial charge in [-0.15, -0.1) is 10.2 Å². The van der Waals surface area contributed by atoms with Crippen LogP contribution in [0.15, 0.2) is 10.2 Å². The summed E-state index contributed by atoms with van der Waals surface area (Å²) in [5.74, 6) is 6.57. The second-order valence-corrected chi connectivity index (χ2v) is 4.21. The van der Waals surface area contributed by atoms with Crippen molar-refractivity contribution < 1.29 is 0 Å². The maximum Gasteiger partial charge on any atom is 0.202 e. The van der Waals surface area contributed by atoms with Gasteiger partial charge in [-0.05, 0) is 12.7 Å². The van der Waals surface area contributed by atoms with Crippen molar-refractivity contribution in [3.8, 4) is 0 Å². The van der Waals surface area contributed by atoms with E-state index in [0.717, 1.165) is 23.8 Å². The summed E-state index contributed by atoms with van der Waals surface area (Å²) in [6, 6.07) is 0. The van der Waals surface area contributed by atoms with Gasteiger partial charge in [0.2, 0.25) is 5.17 Å². The predicted octanol–water partition coefficient (Wildman–Crippen LogP) is 1.68. The molecule has 0 aromatic carbocycles. The predicted molar refractivity (Wildman–Crippen MR) is 66.3 cm³/mol. The topological polar surface area (TPSA) is 66.0 Å². The number of nitrogens with one attached hydrogen (secondary N) is 1. The smallest absolute Gasteiger partial charge is 0.202 e. The van der Waals surface area contributed by atoms with Crippen LogP contribution < -0.4 is 11.3 Å². The average molecular weight is 229 g/mol. The minimum atomic E-state index is 0.731. The van der Waals surface area contributed by atoms with Gasteiger partial charge in [0, 0.05) is 6.42 Å². The Bertz CT molecular complexity index is 251. The molecule has 0 aromatic heterocycles. The lowest BCUT2D eigenvalue weighted by atomic mass is 10.1. The quantitative estimate of drug-likeness (QED) is 0.556. The lowest BCUT2D eigenvalue weighted by Crippen LogP contribution is -2.51. The minimum Gasteiger partial charge on any atom is -0.259 e. The van der Waals surface area contributed by atoms with Crippen LogP contribution in [0.2, 0.25) is 0 Å². The first kappa shape index (κ1) is 12.3. The Morgan fingerprint density at radius 2 is 2.13 bits per heavy atom. The number of hydrogen-bond acceptors (Lipinski definition) is 6. The number of hydrogen-bond donors (Lipinski definition) is 2. The lowest BCUT2D eigenvalue weighted by Gasteiger charge is -2.24. The molecule has 86 valence electrons. The fourth-order valence-corrected chi connectivity index (χ4v) is 1.62. The molecule has 0 aliphatic carbocycles. The molecule has 0 saturated carbocycles. The lowest BCUT2D eigenvalue weighted by molar-refractivity contribution is 0.377. The van der Waals surface area contributed by atoms with Gasteiger partial charge in [0.15, 0.2) is 5.84 Å². The van der Waals surface area contributed by atoms with Crippen molar-refractivity contribution in [2.75, 3.05) is 6.26 Å². The first-order valence-corrected chi connectivity index (χ1v) is 6.50. The minimum absolute atomic E-state index is 0.731. The third kappa shape index (κ3) is 4.09. The Hall–Kier alpha value is -0.750. The Morgan fingerprint density at radius 3 is 2.73 bits per heavy atom. The van der Waals surface area contributed by atoms with Gasteiger partial charge in [0.25, 0.3) is 0 Å². The molecule has 1 aliphatic rings. The molecule has 0 unspecified atom stereocenters. The van der Waals surface area contributed by atoms with Crippen LogP contribution in [0, 0.1) is 0 Å². The van der Waals surface area contributed by atoms with Crippen LogP contribution >= 0.6 is 11.8 Å². The summed E-state index contributed by atoms with van der Waals surface area (Å²) in [6.07, 6.45) is 7.67. The number of amidine groups is 2. The molecule has 5 nitrogen and oxygen atoms in total. The number of thioether (sulfide) groups is 1. The molecule has 0 radical (unpaired) electrons. The SMILES string of the molecule is CCCCCCC1=NN=C(SC)NN1N. The molecule has 0 spiro atoms. The Labute approximate surface area is 95.1 Å². The molecule has 1 rings (SSSR count). The van der Waals surface area contributed by atoms with Gasteiger partial charge >= 0.3 is 0 Å². The molecule has 6 heteroatoms. The van der Waals surface area contributed by atoms with Crippen molar-refractivity contribution in [2.24, 2.45) is 16.0 Å². The van der Waals surface area contributed by atoms with E-state index in [1.54, 1.807) is 0 Å². The summed E-state index contributed by atoms with van der Waals surface area (Å²) in [7, 11) is 0. The number of unbranched alkanes of at least 4 members (excludes halogenated alkanes) is 3. The van der Waals surface area contributed by atoms with Gasteiger partial charge in [0.1, 0.15) is 0 Å². The summed E-state index contributed by atoms with van der Waals surface area (Å²) in [6.45, 7) is 2.20. The maximum absolute atomic E-state index is 5.76. The second kappa shape index (κ2) is 6.68. The van der Waals surface area contributed by atoms with Crippen LogP contribution in [0.5, 0.6) is 0 Å². The van der Waals surface area contributed by atoms with Crippen LogP contribution in [-0.4, -0.2) is 22.4 Å². The molecule has 0 bridgehead atoms. The van der Waals surface area contributed by atoms with Crippen molar-refractivity contribution >= 4 is 22.8 Å². The Morgan fingerprint density at radius 1 is 1.33 bits per heavy atom. The Kier molecular flexibility index (Phi) is 5.49. The van der Waals surface area contributed by atoms with Gasteiger partial charge in [-0.2, -0.15) is 0 Å². The van der Waals surface area contributed by atoms with E-state index in [4.69, 9.17) is 5.84 Å². The molecule has 0 aromatic rings. The number of nitrogens with zero attached hydrogens (tertiary/aromatic N) is 3. The highest BCUT2D eigenvalue weighted by Gasteiger charge is 2.13. The van der Waals surface area contributed by atoms with E-state index in [-0.39, 0.29) is 0 Å². The first-order valence-electron chi connectivity index (χ1n) is 5.28. The highest BCUT2D eigenvalue weighted by atomic mass is 32.2. The summed E-state index contributed by atoms with van der Waals surface area (Å²) in [4.78, 5) is 0. The molecule has 1 heterocycles. The number of hydrazine groups is 2.